The third kappa shape index (κ3) is 3.87. The van der Waals surface area contributed by atoms with Crippen LogP contribution in [0.25, 0.3) is 16.9 Å². The van der Waals surface area contributed by atoms with Gasteiger partial charge in [-0.3, -0.25) is 9.59 Å². The zero-order valence-corrected chi connectivity index (χ0v) is 16.0. The number of benzene rings is 2. The molecular formula is C19H15FN6O2S. The number of aromatic nitrogens is 5. The van der Waals surface area contributed by atoms with Gasteiger partial charge in [0.05, 0.1) is 22.3 Å². The molecule has 10 heteroatoms. The van der Waals surface area contributed by atoms with Gasteiger partial charge in [-0.2, -0.15) is 10.1 Å². The van der Waals surface area contributed by atoms with Crippen molar-refractivity contribution in [1.29, 1.82) is 0 Å². The van der Waals surface area contributed by atoms with Gasteiger partial charge in [-0.1, -0.05) is 30.0 Å². The molecule has 146 valence electrons. The molecule has 2 heterocycles. The molecule has 4 aromatic rings. The quantitative estimate of drug-likeness (QED) is 0.387. The minimum Gasteiger partial charge on any atom is -0.323 e. The zero-order chi connectivity index (χ0) is 20.4. The summed E-state index contributed by atoms with van der Waals surface area (Å²) in [6.45, 7) is 1.76. The number of nitrogens with zero attached hydrogens (tertiary/aromatic N) is 4. The van der Waals surface area contributed by atoms with E-state index in [0.717, 1.165) is 17.3 Å². The number of nitrogens with one attached hydrogen (secondary N) is 2. The number of aryl methyl sites for hydroxylation is 1. The summed E-state index contributed by atoms with van der Waals surface area (Å²) in [5, 5.41) is 9.63. The first-order valence-corrected chi connectivity index (χ1v) is 9.58. The van der Waals surface area contributed by atoms with Gasteiger partial charge in [0.1, 0.15) is 12.1 Å². The van der Waals surface area contributed by atoms with E-state index in [1.54, 1.807) is 37.3 Å². The first-order valence-electron chi connectivity index (χ1n) is 8.59. The molecule has 2 N–H and O–H groups in total. The summed E-state index contributed by atoms with van der Waals surface area (Å²) in [7, 11) is 0. The third-order valence-corrected chi connectivity index (χ3v) is 5.03. The number of thioether (sulfide) groups is 1. The largest absolute Gasteiger partial charge is 0.323 e. The average molecular weight is 410 g/mol. The minimum atomic E-state index is -0.509. The molecule has 0 aliphatic carbocycles. The van der Waals surface area contributed by atoms with Gasteiger partial charge in [0.2, 0.25) is 11.9 Å². The van der Waals surface area contributed by atoms with Crippen LogP contribution in [0.15, 0.2) is 58.7 Å². The Kier molecular flexibility index (Phi) is 5.09. The Hall–Kier alpha value is -3.53. The predicted octanol–water partition coefficient (Wildman–Crippen LogP) is 2.68. The van der Waals surface area contributed by atoms with E-state index in [1.807, 2.05) is 0 Å². The summed E-state index contributed by atoms with van der Waals surface area (Å²) in [6, 6.07) is 11.5. The summed E-state index contributed by atoms with van der Waals surface area (Å²) in [5.41, 5.74) is 1.02. The van der Waals surface area contributed by atoms with E-state index in [0.29, 0.717) is 10.9 Å². The van der Waals surface area contributed by atoms with Gasteiger partial charge in [0, 0.05) is 0 Å². The van der Waals surface area contributed by atoms with Crippen LogP contribution in [0.5, 0.6) is 0 Å². The number of halogens is 1. The molecule has 0 unspecified atom stereocenters. The molecule has 1 amide bonds. The molecule has 2 aromatic heterocycles. The average Bonchev–Trinajstić information content (AvgIpc) is 3.23. The van der Waals surface area contributed by atoms with Crippen molar-refractivity contribution in [3.05, 3.63) is 70.5 Å². The number of fused-ring (bicyclic) bond motifs is 1. The molecule has 0 atom stereocenters. The summed E-state index contributed by atoms with van der Waals surface area (Å²) in [6.07, 6.45) is 1.28. The van der Waals surface area contributed by atoms with Crippen LogP contribution in [0.2, 0.25) is 0 Å². The van der Waals surface area contributed by atoms with Crippen LogP contribution in [0.4, 0.5) is 10.1 Å². The normalized spacial score (nSPS) is 11.0. The van der Waals surface area contributed by atoms with Crippen LogP contribution in [-0.4, -0.2) is 36.4 Å². The molecule has 0 aliphatic heterocycles. The molecule has 0 spiro atoms. The Balaban J connectivity index is 1.62. The van der Waals surface area contributed by atoms with E-state index in [2.05, 4.69) is 25.5 Å². The molecule has 0 saturated carbocycles. The van der Waals surface area contributed by atoms with E-state index in [-0.39, 0.29) is 28.1 Å². The second-order valence-corrected chi connectivity index (χ2v) is 7.12. The molecule has 29 heavy (non-hydrogen) atoms. The lowest BCUT2D eigenvalue weighted by Crippen LogP contribution is -2.24. The second-order valence-electron chi connectivity index (χ2n) is 6.18. The number of para-hydroxylation sites is 1. The lowest BCUT2D eigenvalue weighted by Gasteiger charge is -2.11. The highest BCUT2D eigenvalue weighted by Gasteiger charge is 2.17. The van der Waals surface area contributed by atoms with Crippen LogP contribution < -0.4 is 10.9 Å². The molecule has 8 nitrogen and oxygen atoms in total. The molecule has 0 radical (unpaired) electrons. The van der Waals surface area contributed by atoms with E-state index < -0.39 is 11.7 Å². The van der Waals surface area contributed by atoms with Crippen molar-refractivity contribution in [3.8, 4) is 5.95 Å². The van der Waals surface area contributed by atoms with Gasteiger partial charge in [-0.25, -0.2) is 19.0 Å². The second kappa shape index (κ2) is 7.84. The maximum atomic E-state index is 14.0. The lowest BCUT2D eigenvalue weighted by atomic mass is 10.2. The number of carbonyl (C=O) groups excluding carboxylic acids is 1. The lowest BCUT2D eigenvalue weighted by molar-refractivity contribution is -0.113. The highest BCUT2D eigenvalue weighted by molar-refractivity contribution is 7.99. The molecule has 2 aromatic carbocycles. The number of anilines is 1. The molecule has 0 bridgehead atoms. The van der Waals surface area contributed by atoms with Crippen molar-refractivity contribution in [2.45, 2.75) is 12.1 Å². The molecular weight excluding hydrogens is 395 g/mol. The number of hydrogen-bond acceptors (Lipinski definition) is 6. The van der Waals surface area contributed by atoms with Crippen LogP contribution in [0, 0.1) is 12.7 Å². The number of hydrogen-bond donors (Lipinski definition) is 2. The summed E-state index contributed by atoms with van der Waals surface area (Å²) >= 11 is 1.04. The first-order chi connectivity index (χ1) is 14.0. The van der Waals surface area contributed by atoms with Crippen LogP contribution in [0.3, 0.4) is 0 Å². The fraction of sp³-hybridized carbons (Fsp3) is 0.105. The topological polar surface area (TPSA) is 106 Å². The Morgan fingerprint density at radius 2 is 2.10 bits per heavy atom. The summed E-state index contributed by atoms with van der Waals surface area (Å²) in [5.74, 6) is -0.817. The molecule has 0 saturated heterocycles. The van der Waals surface area contributed by atoms with Crippen molar-refractivity contribution < 1.29 is 9.18 Å². The monoisotopic (exact) mass is 410 g/mol. The fourth-order valence-electron chi connectivity index (χ4n) is 2.74. The number of rotatable bonds is 5. The smallest absolute Gasteiger partial charge is 0.269 e. The predicted molar refractivity (Wildman–Crippen MR) is 108 cm³/mol. The Morgan fingerprint density at radius 1 is 1.28 bits per heavy atom. The van der Waals surface area contributed by atoms with Gasteiger partial charge in [0.25, 0.3) is 5.56 Å². The Bertz CT molecular complexity index is 1260. The van der Waals surface area contributed by atoms with E-state index in [4.69, 9.17) is 0 Å². The van der Waals surface area contributed by atoms with Gasteiger partial charge < -0.3 is 5.32 Å². The Morgan fingerprint density at radius 3 is 2.86 bits per heavy atom. The summed E-state index contributed by atoms with van der Waals surface area (Å²) in [4.78, 5) is 33.8. The first kappa shape index (κ1) is 18.8. The molecule has 4 rings (SSSR count). The Labute approximate surface area is 168 Å². The SMILES string of the molecule is Cc1ccc(NC(=O)CSc2nc3ccccc3c(=O)n2-c2ncn[nH]2)c(F)c1. The van der Waals surface area contributed by atoms with Crippen molar-refractivity contribution in [2.24, 2.45) is 0 Å². The van der Waals surface area contributed by atoms with E-state index in [1.165, 1.54) is 23.0 Å². The number of H-pyrrole nitrogens is 1. The van der Waals surface area contributed by atoms with Gasteiger partial charge in [0.15, 0.2) is 5.16 Å². The number of amides is 1. The van der Waals surface area contributed by atoms with E-state index >= 15 is 0 Å². The highest BCUT2D eigenvalue weighted by atomic mass is 32.2. The van der Waals surface area contributed by atoms with Crippen molar-refractivity contribution in [2.75, 3.05) is 11.1 Å². The molecule has 0 fully saturated rings. The third-order valence-electron chi connectivity index (χ3n) is 4.09. The maximum absolute atomic E-state index is 14.0. The highest BCUT2D eigenvalue weighted by Crippen LogP contribution is 2.21. The maximum Gasteiger partial charge on any atom is 0.269 e. The fourth-order valence-corrected chi connectivity index (χ4v) is 3.53. The van der Waals surface area contributed by atoms with Crippen molar-refractivity contribution >= 4 is 34.3 Å². The standard InChI is InChI=1S/C19H15FN6O2S/c1-11-6-7-15(13(20)8-11)23-16(27)9-29-19-24-14-5-3-2-4-12(14)17(28)26(19)18-21-10-22-25-18/h2-8,10H,9H2,1H3,(H,23,27)(H,21,22,25). The van der Waals surface area contributed by atoms with Gasteiger partial charge in [-0.15, -0.1) is 0 Å². The van der Waals surface area contributed by atoms with Crippen LogP contribution in [0.1, 0.15) is 5.56 Å². The van der Waals surface area contributed by atoms with Gasteiger partial charge in [-0.05, 0) is 36.8 Å². The van der Waals surface area contributed by atoms with Crippen molar-refractivity contribution in [3.63, 3.8) is 0 Å². The molecule has 0 aliphatic rings. The summed E-state index contributed by atoms with van der Waals surface area (Å²) < 4.78 is 15.2. The minimum absolute atomic E-state index is 0.0771. The van der Waals surface area contributed by atoms with Gasteiger partial charge >= 0.3 is 0 Å². The van der Waals surface area contributed by atoms with Crippen LogP contribution >= 0.6 is 11.8 Å². The number of aromatic amines is 1. The zero-order valence-electron chi connectivity index (χ0n) is 15.2. The van der Waals surface area contributed by atoms with Crippen LogP contribution in [-0.2, 0) is 4.79 Å². The van der Waals surface area contributed by atoms with E-state index in [9.17, 15) is 14.0 Å². The van der Waals surface area contributed by atoms with Crippen molar-refractivity contribution in [1.82, 2.24) is 24.7 Å². The number of carbonyl (C=O) groups is 1.